The first-order valence-corrected chi connectivity index (χ1v) is 10.5. The number of benzene rings is 2. The highest BCUT2D eigenvalue weighted by atomic mass is 35.5. The molecule has 1 aromatic heterocycles. The summed E-state index contributed by atoms with van der Waals surface area (Å²) in [6, 6.07) is 18.0. The maximum atomic E-state index is 13.2. The van der Waals surface area contributed by atoms with Crippen molar-refractivity contribution in [3.63, 3.8) is 0 Å². The second-order valence-corrected chi connectivity index (χ2v) is 7.98. The first kappa shape index (κ1) is 21.2. The van der Waals surface area contributed by atoms with Crippen molar-refractivity contribution in [2.45, 2.75) is 6.17 Å². The van der Waals surface area contributed by atoms with E-state index in [0.717, 1.165) is 0 Å². The fourth-order valence-electron chi connectivity index (χ4n) is 3.22. The minimum Gasteiger partial charge on any atom is -0.333 e. The van der Waals surface area contributed by atoms with Crippen LogP contribution in [0.2, 0.25) is 10.0 Å². The molecule has 0 saturated carbocycles. The van der Waals surface area contributed by atoms with Gasteiger partial charge in [-0.25, -0.2) is 9.98 Å². The summed E-state index contributed by atoms with van der Waals surface area (Å²) >= 11 is 18.1. The number of carbonyl (C=O) groups is 1. The monoisotopic (exact) mass is 469 g/mol. The van der Waals surface area contributed by atoms with Crippen LogP contribution in [0.25, 0.3) is 0 Å². The molecule has 1 aliphatic heterocycles. The molecule has 4 rings (SSSR count). The van der Waals surface area contributed by atoms with E-state index < -0.39 is 6.17 Å². The number of nitrogens with one attached hydrogen (secondary N) is 2. The fourth-order valence-corrected chi connectivity index (χ4v) is 3.84. The Bertz CT molecular complexity index is 1190. The molecule has 156 valence electrons. The molecule has 0 bridgehead atoms. The van der Waals surface area contributed by atoms with E-state index in [9.17, 15) is 4.79 Å². The molecule has 1 unspecified atom stereocenters. The molecule has 9 heteroatoms. The van der Waals surface area contributed by atoms with Crippen LogP contribution in [0.4, 0.5) is 11.5 Å². The van der Waals surface area contributed by atoms with Crippen molar-refractivity contribution in [3.05, 3.63) is 88.0 Å². The zero-order valence-corrected chi connectivity index (χ0v) is 18.7. The fraction of sp³-hybridized carbons (Fsp3) is 0.0909. The van der Waals surface area contributed by atoms with E-state index in [1.165, 1.54) is 4.90 Å². The summed E-state index contributed by atoms with van der Waals surface area (Å²) in [5, 5.41) is 7.20. The average Bonchev–Trinajstić information content (AvgIpc) is 2.85. The highest BCUT2D eigenvalue weighted by molar-refractivity contribution is 7.80. The Morgan fingerprint density at radius 3 is 2.58 bits per heavy atom. The summed E-state index contributed by atoms with van der Waals surface area (Å²) < 4.78 is 0. The number of amides is 1. The quantitative estimate of drug-likeness (QED) is 0.552. The lowest BCUT2D eigenvalue weighted by Crippen LogP contribution is -2.47. The SMILES string of the molecule is CN1C(=O)C(NC(=S)Nc2ccccn2)N=C(c2ccccc2Cl)c2cc(Cl)ccc21. The summed E-state index contributed by atoms with van der Waals surface area (Å²) in [6.07, 6.45) is 0.662. The summed E-state index contributed by atoms with van der Waals surface area (Å²) in [6.45, 7) is 0. The summed E-state index contributed by atoms with van der Waals surface area (Å²) in [5.74, 6) is 0.274. The Kier molecular flexibility index (Phi) is 6.18. The largest absolute Gasteiger partial charge is 0.333 e. The van der Waals surface area contributed by atoms with E-state index in [1.54, 1.807) is 49.6 Å². The van der Waals surface area contributed by atoms with Crippen molar-refractivity contribution < 1.29 is 4.79 Å². The molecule has 1 atom stereocenters. The van der Waals surface area contributed by atoms with Gasteiger partial charge in [0.2, 0.25) is 6.17 Å². The van der Waals surface area contributed by atoms with E-state index in [2.05, 4.69) is 15.6 Å². The van der Waals surface area contributed by atoms with Crippen molar-refractivity contribution in [3.8, 4) is 0 Å². The minimum atomic E-state index is -0.980. The Labute approximate surface area is 194 Å². The van der Waals surface area contributed by atoms with Crippen LogP contribution in [0, 0.1) is 0 Å². The van der Waals surface area contributed by atoms with Crippen molar-refractivity contribution >= 4 is 63.7 Å². The van der Waals surface area contributed by atoms with Gasteiger partial charge < -0.3 is 15.5 Å². The number of aromatic nitrogens is 1. The molecule has 3 aromatic rings. The Morgan fingerprint density at radius 2 is 1.84 bits per heavy atom. The van der Waals surface area contributed by atoms with Gasteiger partial charge >= 0.3 is 0 Å². The molecule has 2 N–H and O–H groups in total. The highest BCUT2D eigenvalue weighted by Crippen LogP contribution is 2.31. The number of hydrogen-bond donors (Lipinski definition) is 2. The molecule has 31 heavy (non-hydrogen) atoms. The molecule has 0 saturated heterocycles. The lowest BCUT2D eigenvalue weighted by atomic mass is 10.00. The number of fused-ring (bicyclic) bond motifs is 1. The molecule has 0 spiro atoms. The van der Waals surface area contributed by atoms with Gasteiger partial charge in [-0.05, 0) is 48.6 Å². The Hall–Kier alpha value is -3.00. The third kappa shape index (κ3) is 4.54. The Balaban J connectivity index is 1.76. The lowest BCUT2D eigenvalue weighted by molar-refractivity contribution is -0.119. The van der Waals surface area contributed by atoms with Crippen LogP contribution < -0.4 is 15.5 Å². The zero-order valence-electron chi connectivity index (χ0n) is 16.3. The third-order valence-electron chi connectivity index (χ3n) is 4.70. The van der Waals surface area contributed by atoms with Crippen molar-refractivity contribution in [1.29, 1.82) is 0 Å². The molecule has 0 aliphatic carbocycles. The highest BCUT2D eigenvalue weighted by Gasteiger charge is 2.31. The van der Waals surface area contributed by atoms with Gasteiger partial charge in [0.15, 0.2) is 5.11 Å². The van der Waals surface area contributed by atoms with Gasteiger partial charge in [-0.15, -0.1) is 0 Å². The average molecular weight is 470 g/mol. The number of benzodiazepines with no additional fused rings is 1. The lowest BCUT2D eigenvalue weighted by Gasteiger charge is -2.21. The molecule has 0 radical (unpaired) electrons. The summed E-state index contributed by atoms with van der Waals surface area (Å²) in [5.41, 5.74) is 2.59. The van der Waals surface area contributed by atoms with E-state index in [4.69, 9.17) is 40.4 Å². The number of hydrogen-bond acceptors (Lipinski definition) is 4. The predicted octanol–water partition coefficient (Wildman–Crippen LogP) is 4.51. The van der Waals surface area contributed by atoms with E-state index in [1.807, 2.05) is 24.3 Å². The van der Waals surface area contributed by atoms with Gasteiger partial charge in [-0.3, -0.25) is 4.79 Å². The molecule has 1 amide bonds. The van der Waals surface area contributed by atoms with Gasteiger partial charge in [0, 0.05) is 34.4 Å². The maximum Gasteiger partial charge on any atom is 0.272 e. The van der Waals surface area contributed by atoms with Crippen molar-refractivity contribution in [2.24, 2.45) is 4.99 Å². The standard InChI is InChI=1S/C22H17Cl2N5OS/c1-29-17-10-9-13(23)12-15(17)19(14-6-2-3-7-16(14)24)27-20(21(29)30)28-22(31)26-18-8-4-5-11-25-18/h2-12,20H,1H3,(H2,25,26,28,31). The number of thiocarbonyl (C=S) groups is 1. The van der Waals surface area contributed by atoms with Crippen molar-refractivity contribution in [2.75, 3.05) is 17.3 Å². The molecule has 6 nitrogen and oxygen atoms in total. The number of pyridine rings is 1. The second-order valence-electron chi connectivity index (χ2n) is 6.73. The van der Waals surface area contributed by atoms with Crippen LogP contribution in [-0.4, -0.2) is 34.9 Å². The van der Waals surface area contributed by atoms with E-state index >= 15 is 0 Å². The normalized spacial score (nSPS) is 15.6. The van der Waals surface area contributed by atoms with E-state index in [-0.39, 0.29) is 11.0 Å². The first-order valence-electron chi connectivity index (χ1n) is 9.33. The summed E-state index contributed by atoms with van der Waals surface area (Å²) in [4.78, 5) is 23.7. The zero-order chi connectivity index (χ0) is 22.0. The van der Waals surface area contributed by atoms with Gasteiger partial charge in [0.05, 0.1) is 11.4 Å². The van der Waals surface area contributed by atoms with Gasteiger partial charge in [0.25, 0.3) is 5.91 Å². The number of nitrogens with zero attached hydrogens (tertiary/aromatic N) is 3. The van der Waals surface area contributed by atoms with Gasteiger partial charge in [-0.1, -0.05) is 47.5 Å². The smallest absolute Gasteiger partial charge is 0.272 e. The van der Waals surface area contributed by atoms with Crippen LogP contribution in [-0.2, 0) is 4.79 Å². The molecule has 1 aliphatic rings. The second kappa shape index (κ2) is 9.01. The van der Waals surface area contributed by atoms with Gasteiger partial charge in [0.1, 0.15) is 5.82 Å². The van der Waals surface area contributed by atoms with Crippen LogP contribution in [0.5, 0.6) is 0 Å². The molecule has 2 aromatic carbocycles. The third-order valence-corrected chi connectivity index (χ3v) is 5.49. The minimum absolute atomic E-state index is 0.219. The van der Waals surface area contributed by atoms with Crippen LogP contribution in [0.3, 0.4) is 0 Å². The molecule has 2 heterocycles. The van der Waals surface area contributed by atoms with E-state index in [0.29, 0.717) is 38.4 Å². The van der Waals surface area contributed by atoms with Crippen molar-refractivity contribution in [1.82, 2.24) is 10.3 Å². The number of rotatable bonds is 3. The van der Waals surface area contributed by atoms with Crippen LogP contribution in [0.1, 0.15) is 11.1 Å². The molecular formula is C22H17Cl2N5OS. The first-order chi connectivity index (χ1) is 14.9. The number of halogens is 2. The summed E-state index contributed by atoms with van der Waals surface area (Å²) in [7, 11) is 1.68. The number of aliphatic imine (C=N–C) groups is 1. The predicted molar refractivity (Wildman–Crippen MR) is 129 cm³/mol. The molecule has 0 fully saturated rings. The number of likely N-dealkylation sites (N-methyl/N-ethyl adjacent to an activating group) is 1. The number of anilines is 2. The van der Waals surface area contributed by atoms with Crippen LogP contribution in [0.15, 0.2) is 71.9 Å². The number of carbonyl (C=O) groups excluding carboxylic acids is 1. The Morgan fingerprint density at radius 1 is 1.06 bits per heavy atom. The topological polar surface area (TPSA) is 69.6 Å². The van der Waals surface area contributed by atoms with Gasteiger partial charge in [-0.2, -0.15) is 0 Å². The van der Waals surface area contributed by atoms with Crippen LogP contribution >= 0.6 is 35.4 Å². The maximum absolute atomic E-state index is 13.2. The molecular weight excluding hydrogens is 453 g/mol.